The van der Waals surface area contributed by atoms with Gasteiger partial charge in [-0.25, -0.2) is 4.57 Å². The summed E-state index contributed by atoms with van der Waals surface area (Å²) in [6.07, 6.45) is 0. The van der Waals surface area contributed by atoms with Crippen molar-refractivity contribution in [1.29, 1.82) is 0 Å². The quantitative estimate of drug-likeness (QED) is 0.202. The van der Waals surface area contributed by atoms with Gasteiger partial charge in [-0.05, 0) is 107 Å². The number of hydrogen-bond acceptors (Lipinski definition) is 2. The molecule has 0 saturated heterocycles. The highest BCUT2D eigenvalue weighted by Crippen LogP contribution is 2.53. The third-order valence-electron chi connectivity index (χ3n) is 9.72. The monoisotopic (exact) mass is 561 g/mol. The highest BCUT2D eigenvalue weighted by molar-refractivity contribution is 6.50. The summed E-state index contributed by atoms with van der Waals surface area (Å²) < 4.78 is 1.37. The number of hydrogen-bond donors (Lipinski definition) is 0. The highest BCUT2D eigenvalue weighted by Gasteiger charge is 2.29. The van der Waals surface area contributed by atoms with Crippen LogP contribution in [0.4, 0.5) is 0 Å². The van der Waals surface area contributed by atoms with E-state index in [2.05, 4.69) is 60.7 Å². The van der Waals surface area contributed by atoms with Crippen LogP contribution in [0.5, 0.6) is 0 Å². The minimum atomic E-state index is -0.265. The third-order valence-corrected chi connectivity index (χ3v) is 9.72. The van der Waals surface area contributed by atoms with Gasteiger partial charge in [0.25, 0.3) is 11.1 Å². The average Bonchev–Trinajstić information content (AvgIpc) is 3.56. The van der Waals surface area contributed by atoms with Gasteiger partial charge in [-0.3, -0.25) is 9.59 Å². The van der Waals surface area contributed by atoms with E-state index >= 15 is 0 Å². The normalized spacial score (nSPS) is 12.4. The molecular weight excluding hydrogens is 538 g/mol. The molecule has 0 bridgehead atoms. The van der Waals surface area contributed by atoms with E-state index in [1.807, 2.05) is 67.6 Å². The second-order valence-electron chi connectivity index (χ2n) is 12.0. The van der Waals surface area contributed by atoms with Crippen molar-refractivity contribution in [3.63, 3.8) is 0 Å². The summed E-state index contributed by atoms with van der Waals surface area (Å²) in [4.78, 5) is 29.1. The lowest BCUT2D eigenvalue weighted by atomic mass is 9.89. The summed E-state index contributed by atoms with van der Waals surface area (Å²) in [6, 6.07) is 41.5. The number of fused-ring (bicyclic) bond motifs is 3. The minimum Gasteiger partial charge on any atom is -0.268 e. The fourth-order valence-corrected chi connectivity index (χ4v) is 7.83. The van der Waals surface area contributed by atoms with Gasteiger partial charge >= 0.3 is 0 Å². The molecule has 0 spiro atoms. The van der Waals surface area contributed by atoms with Crippen molar-refractivity contribution >= 4 is 64.6 Å². The van der Waals surface area contributed by atoms with E-state index in [-0.39, 0.29) is 11.1 Å². The maximum Gasteiger partial charge on any atom is 0.266 e. The third kappa shape index (κ3) is 2.82. The van der Waals surface area contributed by atoms with Crippen molar-refractivity contribution < 1.29 is 0 Å². The van der Waals surface area contributed by atoms with Crippen molar-refractivity contribution in [2.75, 3.05) is 0 Å². The molecule has 1 aromatic heterocycles. The van der Waals surface area contributed by atoms with E-state index in [4.69, 9.17) is 0 Å². The van der Waals surface area contributed by atoms with E-state index in [0.717, 1.165) is 60.1 Å². The first-order valence-electron chi connectivity index (χ1n) is 14.9. The van der Waals surface area contributed by atoms with E-state index in [0.29, 0.717) is 16.5 Å². The van der Waals surface area contributed by atoms with Gasteiger partial charge in [0.15, 0.2) is 0 Å². The van der Waals surface area contributed by atoms with Crippen molar-refractivity contribution in [2.45, 2.75) is 6.92 Å². The zero-order valence-electron chi connectivity index (χ0n) is 23.8. The lowest BCUT2D eigenvalue weighted by Crippen LogP contribution is -2.23. The highest BCUT2D eigenvalue weighted by atomic mass is 16.2. The van der Waals surface area contributed by atoms with Crippen molar-refractivity contribution in [1.82, 2.24) is 4.57 Å². The Labute approximate surface area is 251 Å². The fraction of sp³-hybridized carbons (Fsp3) is 0.0244. The van der Waals surface area contributed by atoms with Crippen molar-refractivity contribution in [3.8, 4) is 27.9 Å². The lowest BCUT2D eigenvalue weighted by Gasteiger charge is -2.12. The summed E-state index contributed by atoms with van der Waals surface area (Å²) in [5, 5.41) is 11.9. The SMILES string of the molecule is Cc1ccc(-n2c(=O)c3c4cc(-c5ccccc5)c5ccc6ccc7c(-c8ccccc8)cc(c3c2=O)c2c7c6c5c42)cc1. The molecule has 0 aliphatic carbocycles. The first kappa shape index (κ1) is 23.7. The molecule has 0 aliphatic heterocycles. The van der Waals surface area contributed by atoms with Gasteiger partial charge in [0.2, 0.25) is 0 Å². The van der Waals surface area contributed by atoms with Gasteiger partial charge in [0.05, 0.1) is 16.5 Å². The fourth-order valence-electron chi connectivity index (χ4n) is 7.83. The Kier molecular flexibility index (Phi) is 4.41. The zero-order valence-corrected chi connectivity index (χ0v) is 23.8. The molecular formula is C41H23NO2. The summed E-state index contributed by atoms with van der Waals surface area (Å²) >= 11 is 0. The molecule has 10 rings (SSSR count). The Morgan fingerprint density at radius 2 is 0.886 bits per heavy atom. The number of aromatic nitrogens is 1. The summed E-state index contributed by atoms with van der Waals surface area (Å²) in [5.41, 5.74) is 5.45. The van der Waals surface area contributed by atoms with Crippen LogP contribution >= 0.6 is 0 Å². The largest absolute Gasteiger partial charge is 0.268 e. The topological polar surface area (TPSA) is 39.1 Å². The Hall–Kier alpha value is -5.80. The number of benzene rings is 8. The molecule has 0 radical (unpaired) electrons. The molecule has 0 aliphatic rings. The van der Waals surface area contributed by atoms with Crippen LogP contribution in [0, 0.1) is 6.92 Å². The predicted molar refractivity (Wildman–Crippen MR) is 184 cm³/mol. The lowest BCUT2D eigenvalue weighted by molar-refractivity contribution is 0.990. The first-order valence-corrected chi connectivity index (χ1v) is 14.9. The second-order valence-corrected chi connectivity index (χ2v) is 12.0. The molecule has 1 heterocycles. The van der Waals surface area contributed by atoms with Crippen LogP contribution < -0.4 is 11.1 Å². The van der Waals surface area contributed by atoms with Crippen molar-refractivity contribution in [3.05, 3.63) is 148 Å². The van der Waals surface area contributed by atoms with Crippen LogP contribution in [0.25, 0.3) is 92.6 Å². The molecule has 204 valence electrons. The van der Waals surface area contributed by atoms with Crippen LogP contribution in [0.1, 0.15) is 5.56 Å². The zero-order chi connectivity index (χ0) is 29.3. The van der Waals surface area contributed by atoms with Crippen LogP contribution in [0.3, 0.4) is 0 Å². The molecule has 0 atom stereocenters. The molecule has 0 unspecified atom stereocenters. The molecule has 0 amide bonds. The molecule has 9 aromatic carbocycles. The second kappa shape index (κ2) is 8.18. The van der Waals surface area contributed by atoms with Crippen LogP contribution in [-0.2, 0) is 0 Å². The number of rotatable bonds is 3. The Balaban J connectivity index is 1.53. The molecule has 3 heteroatoms. The average molecular weight is 562 g/mol. The number of nitrogens with zero attached hydrogens (tertiary/aromatic N) is 1. The maximum atomic E-state index is 14.5. The molecule has 44 heavy (non-hydrogen) atoms. The van der Waals surface area contributed by atoms with E-state index in [9.17, 15) is 9.59 Å². The Morgan fingerprint density at radius 1 is 0.432 bits per heavy atom. The van der Waals surface area contributed by atoms with Gasteiger partial charge in [0.1, 0.15) is 0 Å². The van der Waals surface area contributed by atoms with Crippen molar-refractivity contribution in [2.24, 2.45) is 0 Å². The minimum absolute atomic E-state index is 0.265. The Bertz CT molecular complexity index is 2660. The molecule has 3 nitrogen and oxygen atoms in total. The summed E-state index contributed by atoms with van der Waals surface area (Å²) in [6.45, 7) is 2.00. The number of aryl methyl sites for hydroxylation is 1. The summed E-state index contributed by atoms with van der Waals surface area (Å²) in [5.74, 6) is 0. The first-order chi connectivity index (χ1) is 21.6. The maximum absolute atomic E-state index is 14.5. The van der Waals surface area contributed by atoms with Crippen LogP contribution in [0.2, 0.25) is 0 Å². The smallest absolute Gasteiger partial charge is 0.266 e. The predicted octanol–water partition coefficient (Wildman–Crippen LogP) is 9.51. The van der Waals surface area contributed by atoms with E-state index in [1.165, 1.54) is 26.1 Å². The Morgan fingerprint density at radius 3 is 1.36 bits per heavy atom. The van der Waals surface area contributed by atoms with Crippen LogP contribution in [-0.4, -0.2) is 4.57 Å². The van der Waals surface area contributed by atoms with Gasteiger partial charge in [-0.2, -0.15) is 0 Å². The van der Waals surface area contributed by atoms with Crippen LogP contribution in [0.15, 0.2) is 131 Å². The molecule has 0 N–H and O–H groups in total. The standard InChI is InChI=1S/C41H23NO2/c1-22-12-16-26(17-13-22)42-40(43)38-31-20-29(23-8-4-2-5-9-23)27-18-14-25-15-19-28-30(24-10-6-3-7-11-24)21-32(39(38)41(42)44)37-35(28)33(25)34(27)36(31)37/h2-21H,1H3. The molecule has 10 aromatic rings. The van der Waals surface area contributed by atoms with Gasteiger partial charge in [0, 0.05) is 0 Å². The summed E-state index contributed by atoms with van der Waals surface area (Å²) in [7, 11) is 0. The van der Waals surface area contributed by atoms with E-state index in [1.54, 1.807) is 0 Å². The molecule has 0 fully saturated rings. The van der Waals surface area contributed by atoms with Gasteiger partial charge in [-0.1, -0.05) is 103 Å². The van der Waals surface area contributed by atoms with Gasteiger partial charge < -0.3 is 0 Å². The van der Waals surface area contributed by atoms with E-state index < -0.39 is 0 Å². The van der Waals surface area contributed by atoms with Gasteiger partial charge in [-0.15, -0.1) is 0 Å². The molecule has 0 saturated carbocycles.